The van der Waals surface area contributed by atoms with Crippen LogP contribution in [0.3, 0.4) is 0 Å². The average molecular weight is 486 g/mol. The Morgan fingerprint density at radius 2 is 1.78 bits per heavy atom. The zero-order valence-electron chi connectivity index (χ0n) is 16.9. The van der Waals surface area contributed by atoms with Crippen LogP contribution in [-0.2, 0) is 9.59 Å². The van der Waals surface area contributed by atoms with Gasteiger partial charge in [0.25, 0.3) is 11.8 Å². The third kappa shape index (κ3) is 6.78. The molecule has 1 heterocycles. The Kier molecular flexibility index (Phi) is 8.61. The molecule has 3 rings (SSSR count). The monoisotopic (exact) mass is 485 g/mol. The van der Waals surface area contributed by atoms with Crippen LogP contribution in [-0.4, -0.2) is 33.5 Å². The molecule has 0 atom stereocenters. The highest BCUT2D eigenvalue weighted by molar-refractivity contribution is 8.26. The molecule has 164 valence electrons. The largest absolute Gasteiger partial charge is 0.293 e. The lowest BCUT2D eigenvalue weighted by Gasteiger charge is -2.14. The molecule has 6 nitrogen and oxygen atoms in total. The van der Waals surface area contributed by atoms with E-state index in [9.17, 15) is 14.4 Å². The fourth-order valence-electron chi connectivity index (χ4n) is 2.78. The van der Waals surface area contributed by atoms with Crippen molar-refractivity contribution >= 4 is 63.7 Å². The van der Waals surface area contributed by atoms with Crippen LogP contribution < -0.4 is 10.9 Å². The number of thiocarbonyl (C=S) groups is 1. The zero-order valence-corrected chi connectivity index (χ0v) is 19.3. The van der Waals surface area contributed by atoms with Crippen molar-refractivity contribution in [2.45, 2.75) is 12.8 Å². The van der Waals surface area contributed by atoms with E-state index in [1.54, 1.807) is 30.3 Å². The van der Waals surface area contributed by atoms with E-state index < -0.39 is 5.91 Å². The van der Waals surface area contributed by atoms with Gasteiger partial charge in [-0.15, -0.1) is 0 Å². The van der Waals surface area contributed by atoms with Crippen LogP contribution in [0.5, 0.6) is 0 Å². The summed E-state index contributed by atoms with van der Waals surface area (Å²) in [6.07, 6.45) is 6.01. The van der Waals surface area contributed by atoms with Crippen LogP contribution in [0, 0.1) is 0 Å². The van der Waals surface area contributed by atoms with Gasteiger partial charge in [-0.1, -0.05) is 78.1 Å². The summed E-state index contributed by atoms with van der Waals surface area (Å²) in [6, 6.07) is 16.1. The molecule has 32 heavy (non-hydrogen) atoms. The Hall–Kier alpha value is -2.94. The van der Waals surface area contributed by atoms with E-state index in [1.165, 1.54) is 16.7 Å². The van der Waals surface area contributed by atoms with Crippen LogP contribution in [0.2, 0.25) is 5.02 Å². The van der Waals surface area contributed by atoms with Gasteiger partial charge in [0.15, 0.2) is 0 Å². The number of amides is 3. The number of allylic oxidation sites excluding steroid dienone is 2. The molecule has 0 bridgehead atoms. The minimum atomic E-state index is -0.444. The average Bonchev–Trinajstić information content (AvgIpc) is 3.06. The Bertz CT molecular complexity index is 1070. The fourth-order valence-corrected chi connectivity index (χ4v) is 4.16. The Morgan fingerprint density at radius 1 is 1.06 bits per heavy atom. The minimum absolute atomic E-state index is 0.130. The van der Waals surface area contributed by atoms with Crippen LogP contribution >= 0.6 is 35.6 Å². The highest BCUT2D eigenvalue weighted by Gasteiger charge is 2.31. The van der Waals surface area contributed by atoms with E-state index in [1.807, 2.05) is 42.5 Å². The third-order valence-corrected chi connectivity index (χ3v) is 6.06. The summed E-state index contributed by atoms with van der Waals surface area (Å²) in [7, 11) is 0. The molecule has 0 unspecified atom stereocenters. The molecule has 2 N–H and O–H groups in total. The topological polar surface area (TPSA) is 78.5 Å². The van der Waals surface area contributed by atoms with E-state index in [-0.39, 0.29) is 18.2 Å². The fraction of sp³-hybridized carbons (Fsp3) is 0.130. The second-order valence-corrected chi connectivity index (χ2v) is 8.85. The molecular formula is C23H20ClN3O3S2. The molecule has 0 aliphatic carbocycles. The molecular weight excluding hydrogens is 466 g/mol. The number of halogens is 1. The number of hydrogen-bond donors (Lipinski definition) is 2. The highest BCUT2D eigenvalue weighted by atomic mass is 35.5. The van der Waals surface area contributed by atoms with Crippen LogP contribution in [0.4, 0.5) is 0 Å². The minimum Gasteiger partial charge on any atom is -0.293 e. The van der Waals surface area contributed by atoms with Crippen molar-refractivity contribution < 1.29 is 14.4 Å². The summed E-state index contributed by atoms with van der Waals surface area (Å²) in [5.74, 6) is -0.978. The van der Waals surface area contributed by atoms with Crippen molar-refractivity contribution in [3.05, 3.63) is 87.8 Å². The summed E-state index contributed by atoms with van der Waals surface area (Å²) < 4.78 is 0.464. The lowest BCUT2D eigenvalue weighted by atomic mass is 10.2. The van der Waals surface area contributed by atoms with E-state index in [0.717, 1.165) is 5.56 Å². The molecule has 0 aromatic heterocycles. The number of benzene rings is 2. The first kappa shape index (κ1) is 23.7. The van der Waals surface area contributed by atoms with Gasteiger partial charge in [0.1, 0.15) is 4.32 Å². The van der Waals surface area contributed by atoms with Crippen molar-refractivity contribution in [2.75, 3.05) is 6.54 Å². The van der Waals surface area contributed by atoms with Gasteiger partial charge in [-0.05, 0) is 42.3 Å². The maximum Gasteiger partial charge on any atom is 0.269 e. The van der Waals surface area contributed by atoms with Gasteiger partial charge < -0.3 is 0 Å². The van der Waals surface area contributed by atoms with Crippen molar-refractivity contribution in [1.29, 1.82) is 0 Å². The molecule has 2 aromatic carbocycles. The zero-order chi connectivity index (χ0) is 22.9. The standard InChI is InChI=1S/C23H20ClN3O3S2/c24-18-13-11-17(12-14-18)21(29)26-25-20(28)10-5-15-27-22(30)19(32-23(27)31)9-4-8-16-6-2-1-3-7-16/h1-4,6-9,11-14H,5,10,15H2,(H,25,28)(H,26,29)/b8-4+,19-9-. The predicted octanol–water partition coefficient (Wildman–Crippen LogP) is 4.34. The second-order valence-electron chi connectivity index (χ2n) is 6.74. The molecule has 0 spiro atoms. The molecule has 9 heteroatoms. The molecule has 1 fully saturated rings. The summed E-state index contributed by atoms with van der Waals surface area (Å²) in [4.78, 5) is 38.6. The van der Waals surface area contributed by atoms with Gasteiger partial charge in [-0.3, -0.25) is 30.1 Å². The van der Waals surface area contributed by atoms with E-state index in [2.05, 4.69) is 10.9 Å². The molecule has 1 aliphatic heterocycles. The van der Waals surface area contributed by atoms with Gasteiger partial charge in [-0.25, -0.2) is 0 Å². The maximum atomic E-state index is 12.6. The molecule has 1 saturated heterocycles. The number of carbonyl (C=O) groups is 3. The van der Waals surface area contributed by atoms with E-state index in [4.69, 9.17) is 23.8 Å². The van der Waals surface area contributed by atoms with Gasteiger partial charge in [0.2, 0.25) is 5.91 Å². The second kappa shape index (κ2) is 11.6. The van der Waals surface area contributed by atoms with Gasteiger partial charge in [0, 0.05) is 23.6 Å². The molecule has 0 saturated carbocycles. The third-order valence-electron chi connectivity index (χ3n) is 4.42. The smallest absolute Gasteiger partial charge is 0.269 e. The maximum absolute atomic E-state index is 12.6. The molecule has 2 aromatic rings. The normalized spacial score (nSPS) is 14.9. The Morgan fingerprint density at radius 3 is 2.50 bits per heavy atom. The number of nitrogens with one attached hydrogen (secondary N) is 2. The summed E-state index contributed by atoms with van der Waals surface area (Å²) in [6.45, 7) is 0.322. The lowest BCUT2D eigenvalue weighted by Crippen LogP contribution is -2.41. The first-order chi connectivity index (χ1) is 15.4. The predicted molar refractivity (Wildman–Crippen MR) is 132 cm³/mol. The Balaban J connectivity index is 1.42. The van der Waals surface area contributed by atoms with E-state index in [0.29, 0.717) is 32.8 Å². The summed E-state index contributed by atoms with van der Waals surface area (Å²) in [5.41, 5.74) is 6.12. The van der Waals surface area contributed by atoms with Crippen LogP contribution in [0.15, 0.2) is 71.7 Å². The Labute approximate surface area is 200 Å². The number of hydrogen-bond acceptors (Lipinski definition) is 5. The first-order valence-electron chi connectivity index (χ1n) is 9.76. The van der Waals surface area contributed by atoms with Gasteiger partial charge in [-0.2, -0.15) is 0 Å². The van der Waals surface area contributed by atoms with Crippen molar-refractivity contribution in [3.63, 3.8) is 0 Å². The molecule has 1 aliphatic rings. The number of rotatable bonds is 7. The van der Waals surface area contributed by atoms with Crippen LogP contribution in [0.25, 0.3) is 6.08 Å². The number of thioether (sulfide) groups is 1. The van der Waals surface area contributed by atoms with Crippen molar-refractivity contribution in [3.8, 4) is 0 Å². The molecule has 0 radical (unpaired) electrons. The summed E-state index contributed by atoms with van der Waals surface area (Å²) in [5, 5.41) is 0.517. The number of carbonyl (C=O) groups excluding carboxylic acids is 3. The van der Waals surface area contributed by atoms with Gasteiger partial charge in [0.05, 0.1) is 4.91 Å². The SMILES string of the molecule is O=C(CCCN1C(=O)/C(=C/C=C/c2ccccc2)SC1=S)NNC(=O)c1ccc(Cl)cc1. The summed E-state index contributed by atoms with van der Waals surface area (Å²) >= 11 is 12.3. The first-order valence-corrected chi connectivity index (χ1v) is 11.4. The number of hydrazine groups is 1. The van der Waals surface area contributed by atoms with Gasteiger partial charge >= 0.3 is 0 Å². The van der Waals surface area contributed by atoms with Crippen LogP contribution in [0.1, 0.15) is 28.8 Å². The quantitative estimate of drug-likeness (QED) is 0.346. The van der Waals surface area contributed by atoms with Crippen molar-refractivity contribution in [2.24, 2.45) is 0 Å². The number of nitrogens with zero attached hydrogens (tertiary/aromatic N) is 1. The molecule has 3 amide bonds. The lowest BCUT2D eigenvalue weighted by molar-refractivity contribution is -0.124. The van der Waals surface area contributed by atoms with E-state index >= 15 is 0 Å². The van der Waals surface area contributed by atoms with Crippen molar-refractivity contribution in [1.82, 2.24) is 15.8 Å². The highest BCUT2D eigenvalue weighted by Crippen LogP contribution is 2.31.